The van der Waals surface area contributed by atoms with Crippen LogP contribution in [0.25, 0.3) is 6.08 Å². The predicted molar refractivity (Wildman–Crippen MR) is 77.0 cm³/mol. The van der Waals surface area contributed by atoms with Crippen molar-refractivity contribution in [3.8, 4) is 0 Å². The molecular weight excluding hydrogens is 248 g/mol. The minimum absolute atomic E-state index is 0.600. The quantitative estimate of drug-likeness (QED) is 0.890. The summed E-state index contributed by atoms with van der Waals surface area (Å²) in [5, 5.41) is 0. The Kier molecular flexibility index (Phi) is 4.93. The Balaban J connectivity index is 3.12. The zero-order valence-corrected chi connectivity index (χ0v) is 12.1. The Morgan fingerprint density at radius 2 is 2.00 bits per heavy atom. The summed E-state index contributed by atoms with van der Waals surface area (Å²) in [5.41, 5.74) is 2.79. The van der Waals surface area contributed by atoms with Crippen LogP contribution < -0.4 is 4.72 Å². The van der Waals surface area contributed by atoms with Crippen molar-refractivity contribution in [1.82, 2.24) is 4.90 Å². The Morgan fingerprint density at radius 1 is 1.33 bits per heavy atom. The van der Waals surface area contributed by atoms with E-state index in [4.69, 9.17) is 0 Å². The van der Waals surface area contributed by atoms with Gasteiger partial charge in [-0.2, -0.15) is 0 Å². The molecule has 0 fully saturated rings. The average Bonchev–Trinajstić information content (AvgIpc) is 2.19. The largest absolute Gasteiger partial charge is 0.305 e. The topological polar surface area (TPSA) is 49.4 Å². The van der Waals surface area contributed by atoms with Gasteiger partial charge in [0.1, 0.15) is 0 Å². The third-order valence-corrected chi connectivity index (χ3v) is 2.89. The highest BCUT2D eigenvalue weighted by molar-refractivity contribution is 7.92. The average molecular weight is 268 g/mol. The number of hydrogen-bond donors (Lipinski definition) is 1. The van der Waals surface area contributed by atoms with Crippen LogP contribution in [0.3, 0.4) is 0 Å². The van der Waals surface area contributed by atoms with Crippen molar-refractivity contribution in [3.63, 3.8) is 0 Å². The highest BCUT2D eigenvalue weighted by atomic mass is 32.2. The molecule has 18 heavy (non-hydrogen) atoms. The molecule has 0 saturated heterocycles. The van der Waals surface area contributed by atoms with Gasteiger partial charge >= 0.3 is 0 Å². The molecule has 0 aliphatic rings. The number of benzene rings is 1. The van der Waals surface area contributed by atoms with E-state index in [1.165, 1.54) is 0 Å². The molecule has 1 aromatic carbocycles. The van der Waals surface area contributed by atoms with Crippen LogP contribution in [0, 0.1) is 0 Å². The van der Waals surface area contributed by atoms with Crippen LogP contribution in [-0.2, 0) is 16.6 Å². The van der Waals surface area contributed by atoms with Gasteiger partial charge in [0.2, 0.25) is 10.0 Å². The van der Waals surface area contributed by atoms with Crippen LogP contribution in [0.15, 0.2) is 24.3 Å². The molecule has 0 aliphatic carbocycles. The van der Waals surface area contributed by atoms with E-state index < -0.39 is 10.0 Å². The molecule has 5 heteroatoms. The van der Waals surface area contributed by atoms with Crippen LogP contribution in [0.2, 0.25) is 0 Å². The maximum absolute atomic E-state index is 11.2. The van der Waals surface area contributed by atoms with Crippen LogP contribution in [0.4, 0.5) is 5.69 Å². The van der Waals surface area contributed by atoms with Gasteiger partial charge in [0.25, 0.3) is 0 Å². The van der Waals surface area contributed by atoms with E-state index in [1.54, 1.807) is 6.07 Å². The normalized spacial score (nSPS) is 12.3. The van der Waals surface area contributed by atoms with E-state index >= 15 is 0 Å². The summed E-state index contributed by atoms with van der Waals surface area (Å²) >= 11 is 0. The molecule has 1 rings (SSSR count). The third-order valence-electron chi connectivity index (χ3n) is 2.28. The molecule has 0 spiro atoms. The van der Waals surface area contributed by atoms with Gasteiger partial charge in [-0.25, -0.2) is 8.42 Å². The third kappa shape index (κ3) is 4.89. The van der Waals surface area contributed by atoms with Gasteiger partial charge in [-0.1, -0.05) is 18.2 Å². The van der Waals surface area contributed by atoms with Gasteiger partial charge in [-0.15, -0.1) is 0 Å². The molecule has 0 bridgehead atoms. The summed E-state index contributed by atoms with van der Waals surface area (Å²) in [6.45, 7) is 2.72. The molecule has 0 amide bonds. The first-order chi connectivity index (χ1) is 8.31. The highest BCUT2D eigenvalue weighted by Crippen LogP contribution is 2.19. The van der Waals surface area contributed by atoms with Crippen LogP contribution in [-0.4, -0.2) is 33.7 Å². The lowest BCUT2D eigenvalue weighted by atomic mass is 10.1. The molecular formula is C13H20N2O2S. The number of hydrogen-bond acceptors (Lipinski definition) is 3. The van der Waals surface area contributed by atoms with E-state index in [1.807, 2.05) is 50.2 Å². The van der Waals surface area contributed by atoms with E-state index in [0.29, 0.717) is 5.69 Å². The van der Waals surface area contributed by atoms with Crippen molar-refractivity contribution in [3.05, 3.63) is 35.4 Å². The molecule has 4 nitrogen and oxygen atoms in total. The van der Waals surface area contributed by atoms with Crippen molar-refractivity contribution in [1.29, 1.82) is 0 Å². The van der Waals surface area contributed by atoms with Gasteiger partial charge < -0.3 is 4.90 Å². The van der Waals surface area contributed by atoms with Crippen LogP contribution >= 0.6 is 0 Å². The molecule has 0 unspecified atom stereocenters. The maximum Gasteiger partial charge on any atom is 0.229 e. The van der Waals surface area contributed by atoms with Gasteiger partial charge in [0.05, 0.1) is 6.26 Å². The van der Waals surface area contributed by atoms with Crippen molar-refractivity contribution >= 4 is 21.8 Å². The summed E-state index contributed by atoms with van der Waals surface area (Å²) in [6.07, 6.45) is 5.14. The Bertz CT molecular complexity index is 534. The summed E-state index contributed by atoms with van der Waals surface area (Å²) in [4.78, 5) is 2.05. The number of allylic oxidation sites excluding steroid dienone is 1. The lowest BCUT2D eigenvalue weighted by Crippen LogP contribution is -2.13. The fraction of sp³-hybridized carbons (Fsp3) is 0.385. The van der Waals surface area contributed by atoms with Crippen LogP contribution in [0.5, 0.6) is 0 Å². The van der Waals surface area contributed by atoms with Crippen LogP contribution in [0.1, 0.15) is 18.1 Å². The number of nitrogens with zero attached hydrogens (tertiary/aromatic N) is 1. The molecule has 0 aromatic heterocycles. The van der Waals surface area contributed by atoms with E-state index in [0.717, 1.165) is 23.9 Å². The first-order valence-corrected chi connectivity index (χ1v) is 7.59. The SMILES string of the molecule is C/C=C/c1ccc(NS(C)(=O)=O)cc1CN(C)C. The minimum atomic E-state index is -3.23. The van der Waals surface area contributed by atoms with E-state index in [-0.39, 0.29) is 0 Å². The molecule has 0 aliphatic heterocycles. The van der Waals surface area contributed by atoms with Crippen molar-refractivity contribution in [2.75, 3.05) is 25.1 Å². The first kappa shape index (κ1) is 14.7. The second-order valence-corrected chi connectivity index (χ2v) is 6.27. The summed E-state index contributed by atoms with van der Waals surface area (Å²) in [5.74, 6) is 0. The molecule has 1 aromatic rings. The maximum atomic E-state index is 11.2. The van der Waals surface area contributed by atoms with Gasteiger partial charge in [-0.3, -0.25) is 4.72 Å². The number of sulfonamides is 1. The lowest BCUT2D eigenvalue weighted by molar-refractivity contribution is 0.402. The first-order valence-electron chi connectivity index (χ1n) is 5.70. The molecule has 0 saturated carbocycles. The standard InChI is InChI=1S/C13H20N2O2S/c1-5-6-11-7-8-13(14-18(4,16)17)9-12(11)10-15(2)3/h5-9,14H,10H2,1-4H3/b6-5+. The molecule has 100 valence electrons. The van der Waals surface area contributed by atoms with Gasteiger partial charge in [-0.05, 0) is 44.3 Å². The number of rotatable bonds is 5. The number of nitrogens with one attached hydrogen (secondary N) is 1. The molecule has 0 heterocycles. The molecule has 0 radical (unpaired) electrons. The molecule has 0 atom stereocenters. The Morgan fingerprint density at radius 3 is 2.50 bits per heavy atom. The summed E-state index contributed by atoms with van der Waals surface area (Å²) in [6, 6.07) is 5.57. The fourth-order valence-corrected chi connectivity index (χ4v) is 2.26. The van der Waals surface area contributed by atoms with E-state index in [9.17, 15) is 8.42 Å². The van der Waals surface area contributed by atoms with Crippen molar-refractivity contribution < 1.29 is 8.42 Å². The zero-order valence-electron chi connectivity index (χ0n) is 11.3. The van der Waals surface area contributed by atoms with Crippen molar-refractivity contribution in [2.45, 2.75) is 13.5 Å². The smallest absolute Gasteiger partial charge is 0.229 e. The number of anilines is 1. The second kappa shape index (κ2) is 6.02. The van der Waals surface area contributed by atoms with Crippen molar-refractivity contribution in [2.24, 2.45) is 0 Å². The highest BCUT2D eigenvalue weighted by Gasteiger charge is 2.06. The Labute approximate surface area is 109 Å². The fourth-order valence-electron chi connectivity index (χ4n) is 1.70. The van der Waals surface area contributed by atoms with Gasteiger partial charge in [0.15, 0.2) is 0 Å². The molecule has 1 N–H and O–H groups in total. The lowest BCUT2D eigenvalue weighted by Gasteiger charge is -2.14. The summed E-state index contributed by atoms with van der Waals surface area (Å²) in [7, 11) is 0.735. The minimum Gasteiger partial charge on any atom is -0.305 e. The zero-order chi connectivity index (χ0) is 13.8. The Hall–Kier alpha value is -1.33. The second-order valence-electron chi connectivity index (χ2n) is 4.53. The van der Waals surface area contributed by atoms with Gasteiger partial charge in [0, 0.05) is 12.2 Å². The summed E-state index contributed by atoms with van der Waals surface area (Å²) < 4.78 is 24.9. The van der Waals surface area contributed by atoms with E-state index in [2.05, 4.69) is 4.72 Å². The monoisotopic (exact) mass is 268 g/mol. The predicted octanol–water partition coefficient (Wildman–Crippen LogP) is 2.15.